The van der Waals surface area contributed by atoms with Crippen molar-refractivity contribution in [2.24, 2.45) is 0 Å². The van der Waals surface area contributed by atoms with Crippen LogP contribution >= 0.6 is 0 Å². The third-order valence-electron chi connectivity index (χ3n) is 8.24. The molecule has 1 amide bonds. The smallest absolute Gasteiger partial charge is 0.247 e. The summed E-state index contributed by atoms with van der Waals surface area (Å²) in [6.07, 6.45) is 9.70. The van der Waals surface area contributed by atoms with E-state index in [4.69, 9.17) is 9.47 Å². The van der Waals surface area contributed by atoms with E-state index in [2.05, 4.69) is 60.5 Å². The molecule has 0 radical (unpaired) electrons. The van der Waals surface area contributed by atoms with Crippen LogP contribution in [-0.4, -0.2) is 60.1 Å². The van der Waals surface area contributed by atoms with Crippen molar-refractivity contribution in [3.8, 4) is 16.9 Å². The molecule has 7 heteroatoms. The highest BCUT2D eigenvalue weighted by molar-refractivity contribution is 7.85. The van der Waals surface area contributed by atoms with Gasteiger partial charge < -0.3 is 19.7 Å². The Kier molecular flexibility index (Phi) is 12.3. The van der Waals surface area contributed by atoms with E-state index in [-0.39, 0.29) is 17.2 Å². The Bertz CT molecular complexity index is 1170. The second kappa shape index (κ2) is 16.1. The van der Waals surface area contributed by atoms with Crippen molar-refractivity contribution in [2.45, 2.75) is 83.4 Å². The highest BCUT2D eigenvalue weighted by Gasteiger charge is 2.26. The lowest BCUT2D eigenvalue weighted by Crippen LogP contribution is -2.40. The number of fused-ring (bicyclic) bond motifs is 1. The van der Waals surface area contributed by atoms with E-state index in [1.165, 1.54) is 5.69 Å². The molecule has 6 nitrogen and oxygen atoms in total. The molecular formula is C34H48N2O4S. The molecule has 1 unspecified atom stereocenters. The Morgan fingerprint density at radius 3 is 2.44 bits per heavy atom. The van der Waals surface area contributed by atoms with Gasteiger partial charge in [-0.1, -0.05) is 38.5 Å². The SMILES string of the molecule is CCCCOCCOc1ccc(-c2ccc3c(c2)/C=C(/C(=O)NC2CCC(S(=O)CC)CC2)CCCN3CC)cc1. The average molecular weight is 581 g/mol. The molecule has 0 bridgehead atoms. The molecule has 1 atom stereocenters. The van der Waals surface area contributed by atoms with E-state index >= 15 is 0 Å². The lowest BCUT2D eigenvalue weighted by Gasteiger charge is -2.30. The number of ether oxygens (including phenoxy) is 2. The first-order chi connectivity index (χ1) is 20.0. The van der Waals surface area contributed by atoms with Gasteiger partial charge in [-0.25, -0.2) is 0 Å². The predicted molar refractivity (Wildman–Crippen MR) is 171 cm³/mol. The van der Waals surface area contributed by atoms with Crippen molar-refractivity contribution in [3.05, 3.63) is 53.6 Å². The predicted octanol–water partition coefficient (Wildman–Crippen LogP) is 6.75. The molecule has 2 aromatic carbocycles. The molecular weight excluding hydrogens is 532 g/mol. The fourth-order valence-electron chi connectivity index (χ4n) is 5.78. The number of benzene rings is 2. The number of carbonyl (C=O) groups is 1. The van der Waals surface area contributed by atoms with Crippen LogP contribution in [0.4, 0.5) is 5.69 Å². The largest absolute Gasteiger partial charge is 0.491 e. The Balaban J connectivity index is 1.45. The Morgan fingerprint density at radius 2 is 1.73 bits per heavy atom. The highest BCUT2D eigenvalue weighted by Crippen LogP contribution is 2.33. The third kappa shape index (κ3) is 8.92. The van der Waals surface area contributed by atoms with Gasteiger partial charge >= 0.3 is 0 Å². The quantitative estimate of drug-likeness (QED) is 0.266. The molecule has 1 N–H and O–H groups in total. The van der Waals surface area contributed by atoms with Crippen molar-refractivity contribution in [1.29, 1.82) is 0 Å². The van der Waals surface area contributed by atoms with E-state index in [9.17, 15) is 9.00 Å². The third-order valence-corrected chi connectivity index (χ3v) is 10.0. The molecule has 4 rings (SSSR count). The van der Waals surface area contributed by atoms with Crippen LogP contribution in [0.25, 0.3) is 17.2 Å². The first kappa shape index (κ1) is 31.3. The zero-order valence-electron chi connectivity index (χ0n) is 25.2. The van der Waals surface area contributed by atoms with Gasteiger partial charge in [-0.2, -0.15) is 0 Å². The number of hydrogen-bond donors (Lipinski definition) is 1. The number of nitrogens with one attached hydrogen (secondary N) is 1. The minimum absolute atomic E-state index is 0.0477. The Morgan fingerprint density at radius 1 is 0.976 bits per heavy atom. The van der Waals surface area contributed by atoms with Gasteiger partial charge in [0.25, 0.3) is 0 Å². The summed E-state index contributed by atoms with van der Waals surface area (Å²) in [5, 5.41) is 3.59. The number of unbranched alkanes of at least 4 members (excludes halogenated alkanes) is 1. The molecule has 41 heavy (non-hydrogen) atoms. The van der Waals surface area contributed by atoms with Gasteiger partial charge in [-0.15, -0.1) is 0 Å². The molecule has 1 aliphatic heterocycles. The summed E-state index contributed by atoms with van der Waals surface area (Å²) >= 11 is 0. The van der Waals surface area contributed by atoms with E-state index in [1.54, 1.807) is 0 Å². The fraction of sp³-hybridized carbons (Fsp3) is 0.559. The summed E-state index contributed by atoms with van der Waals surface area (Å²) < 4.78 is 23.7. The normalized spacial score (nSPS) is 21.1. The van der Waals surface area contributed by atoms with Crippen LogP contribution < -0.4 is 15.0 Å². The summed E-state index contributed by atoms with van der Waals surface area (Å²) in [5.41, 5.74) is 5.34. The van der Waals surface area contributed by atoms with Crippen LogP contribution in [0.15, 0.2) is 48.0 Å². The summed E-state index contributed by atoms with van der Waals surface area (Å²) in [6.45, 7) is 10.1. The summed E-state index contributed by atoms with van der Waals surface area (Å²) in [7, 11) is -0.743. The van der Waals surface area contributed by atoms with Gasteiger partial charge in [0.05, 0.1) is 6.61 Å². The minimum atomic E-state index is -0.743. The Hall–Kier alpha value is -2.64. The minimum Gasteiger partial charge on any atom is -0.491 e. The number of nitrogens with zero attached hydrogens (tertiary/aromatic N) is 1. The molecule has 224 valence electrons. The van der Waals surface area contributed by atoms with Crippen molar-refractivity contribution in [1.82, 2.24) is 5.32 Å². The van der Waals surface area contributed by atoms with Gasteiger partial charge in [0.2, 0.25) is 5.91 Å². The van der Waals surface area contributed by atoms with Gasteiger partial charge in [0.15, 0.2) is 0 Å². The zero-order chi connectivity index (χ0) is 29.0. The highest BCUT2D eigenvalue weighted by atomic mass is 32.2. The molecule has 0 spiro atoms. The summed E-state index contributed by atoms with van der Waals surface area (Å²) in [5.74, 6) is 1.61. The lowest BCUT2D eigenvalue weighted by molar-refractivity contribution is -0.118. The number of carbonyl (C=O) groups excluding carboxylic acids is 1. The van der Waals surface area contributed by atoms with Crippen molar-refractivity contribution >= 4 is 28.5 Å². The number of anilines is 1. The van der Waals surface area contributed by atoms with Crippen LogP contribution in [0.3, 0.4) is 0 Å². The lowest BCUT2D eigenvalue weighted by atomic mass is 9.93. The maximum Gasteiger partial charge on any atom is 0.247 e. The first-order valence-corrected chi connectivity index (χ1v) is 17.0. The number of hydrogen-bond acceptors (Lipinski definition) is 5. The van der Waals surface area contributed by atoms with Gasteiger partial charge in [-0.3, -0.25) is 9.00 Å². The number of amides is 1. The number of rotatable bonds is 13. The molecule has 1 aliphatic carbocycles. The van der Waals surface area contributed by atoms with E-state index in [0.29, 0.717) is 13.2 Å². The Labute approximate surface area is 249 Å². The van der Waals surface area contributed by atoms with Crippen LogP contribution in [0.1, 0.15) is 77.7 Å². The molecule has 1 fully saturated rings. The van der Waals surface area contributed by atoms with Crippen molar-refractivity contribution in [2.75, 3.05) is 43.6 Å². The van der Waals surface area contributed by atoms with Gasteiger partial charge in [0, 0.05) is 58.8 Å². The van der Waals surface area contributed by atoms with Gasteiger partial charge in [-0.05, 0) is 98.9 Å². The molecule has 0 aromatic heterocycles. The van der Waals surface area contributed by atoms with Gasteiger partial charge in [0.1, 0.15) is 12.4 Å². The summed E-state index contributed by atoms with van der Waals surface area (Å²) in [6, 6.07) is 14.9. The second-order valence-electron chi connectivity index (χ2n) is 11.1. The monoisotopic (exact) mass is 580 g/mol. The van der Waals surface area contributed by atoms with Crippen LogP contribution in [0.5, 0.6) is 5.75 Å². The maximum atomic E-state index is 13.4. The average Bonchev–Trinajstić information content (AvgIpc) is 2.99. The summed E-state index contributed by atoms with van der Waals surface area (Å²) in [4.78, 5) is 15.8. The van der Waals surface area contributed by atoms with E-state index < -0.39 is 10.8 Å². The second-order valence-corrected chi connectivity index (χ2v) is 13.1. The van der Waals surface area contributed by atoms with Crippen molar-refractivity contribution in [3.63, 3.8) is 0 Å². The van der Waals surface area contributed by atoms with Crippen LogP contribution in [0.2, 0.25) is 0 Å². The standard InChI is InChI=1S/C34H48N2O4S/c1-4-7-21-39-22-23-40-31-15-10-26(11-16-31)27-12-19-33-29(24-27)25-28(9-8-20-36(33)5-2)34(37)35-30-13-17-32(18-14-30)41(38)6-3/h10-12,15-16,19,24-25,30,32H,4-9,13-14,17-18,20-23H2,1-3H3,(H,35,37)/b28-25+. The molecule has 1 saturated carbocycles. The van der Waals surface area contributed by atoms with Crippen LogP contribution in [0, 0.1) is 0 Å². The molecule has 0 saturated heterocycles. The van der Waals surface area contributed by atoms with E-state index in [1.807, 2.05) is 19.1 Å². The van der Waals surface area contributed by atoms with E-state index in [0.717, 1.165) is 105 Å². The first-order valence-electron chi connectivity index (χ1n) is 15.6. The topological polar surface area (TPSA) is 67.9 Å². The molecule has 2 aromatic rings. The van der Waals surface area contributed by atoms with Crippen molar-refractivity contribution < 1.29 is 18.5 Å². The molecule has 2 aliphatic rings. The zero-order valence-corrected chi connectivity index (χ0v) is 26.0. The maximum absolute atomic E-state index is 13.4. The van der Waals surface area contributed by atoms with Crippen LogP contribution in [-0.2, 0) is 20.3 Å². The fourth-order valence-corrected chi connectivity index (χ4v) is 7.05. The molecule has 1 heterocycles.